The number of carbonyl (C=O) groups is 1. The third-order valence-electron chi connectivity index (χ3n) is 6.25. The van der Waals surface area contributed by atoms with Gasteiger partial charge in [0.15, 0.2) is 0 Å². The molecule has 36 heavy (non-hydrogen) atoms. The van der Waals surface area contributed by atoms with E-state index in [4.69, 9.17) is 9.47 Å². The maximum atomic E-state index is 13.3. The van der Waals surface area contributed by atoms with Crippen LogP contribution in [-0.2, 0) is 4.79 Å². The van der Waals surface area contributed by atoms with Crippen LogP contribution in [0.3, 0.4) is 0 Å². The number of likely N-dealkylation sites (tertiary alicyclic amines) is 1. The number of para-hydroxylation sites is 1. The maximum absolute atomic E-state index is 13.3. The van der Waals surface area contributed by atoms with Gasteiger partial charge in [0, 0.05) is 5.56 Å². The summed E-state index contributed by atoms with van der Waals surface area (Å²) in [6.45, 7) is 7.07. The second-order valence-electron chi connectivity index (χ2n) is 9.80. The summed E-state index contributed by atoms with van der Waals surface area (Å²) in [6, 6.07) is 17.6. The van der Waals surface area contributed by atoms with E-state index < -0.39 is 5.92 Å². The van der Waals surface area contributed by atoms with E-state index in [2.05, 4.69) is 25.8 Å². The van der Waals surface area contributed by atoms with E-state index in [-0.39, 0.29) is 22.7 Å². The molecule has 2 unspecified atom stereocenters. The molecule has 1 aliphatic heterocycles. The van der Waals surface area contributed by atoms with Gasteiger partial charge < -0.3 is 4.74 Å². The standard InChI is InChI=1S/C28H30N3O3PS/c1-28(2,3)26(36-18-35)24(17-30)27(32)31-11-9-21(10-12-31)34-22-14-19(16-29)13-20(15-22)23-7-5-6-8-25(23)33-4/h5-8,13-15,21,24,26H,9-12H2,1-4H3. The van der Waals surface area contributed by atoms with E-state index in [0.717, 1.165) is 16.9 Å². The Bertz CT molecular complexity index is 1210. The first-order valence-electron chi connectivity index (χ1n) is 11.8. The van der Waals surface area contributed by atoms with E-state index >= 15 is 0 Å². The third kappa shape index (κ3) is 6.63. The van der Waals surface area contributed by atoms with Crippen molar-refractivity contribution in [1.82, 2.24) is 4.90 Å². The fraction of sp³-hybridized carbons (Fsp3) is 0.429. The van der Waals surface area contributed by atoms with Gasteiger partial charge in [-0.3, -0.25) is 0 Å². The second kappa shape index (κ2) is 12.3. The van der Waals surface area contributed by atoms with Gasteiger partial charge in [-0.15, -0.1) is 0 Å². The van der Waals surface area contributed by atoms with Crippen LogP contribution in [0.1, 0.15) is 39.2 Å². The van der Waals surface area contributed by atoms with Crippen LogP contribution in [0, 0.1) is 39.0 Å². The van der Waals surface area contributed by atoms with E-state index in [1.54, 1.807) is 18.1 Å². The molecule has 3 rings (SSSR count). The predicted molar refractivity (Wildman–Crippen MR) is 144 cm³/mol. The SMILES string of the molecule is COc1ccccc1-c1cc(C#N)cc(OC2CCN(C(=O)C(C#N)C(SC#P)C(C)(C)C)CC2)c1. The summed E-state index contributed by atoms with van der Waals surface area (Å²) in [4.78, 5) is 17.8. The Hall–Kier alpha value is -2.95. The zero-order chi connectivity index (χ0) is 26.3. The molecular formula is C28H30N3O3PS. The summed E-state index contributed by atoms with van der Waals surface area (Å²) in [6.07, 6.45) is 1.19. The first kappa shape index (κ1) is 27.6. The molecule has 0 spiro atoms. The zero-order valence-electron chi connectivity index (χ0n) is 21.0. The van der Waals surface area contributed by atoms with Crippen LogP contribution in [0.25, 0.3) is 11.1 Å². The molecular weight excluding hydrogens is 489 g/mol. The Morgan fingerprint density at radius 2 is 1.86 bits per heavy atom. The van der Waals surface area contributed by atoms with Crippen molar-refractivity contribution in [2.24, 2.45) is 11.3 Å². The minimum atomic E-state index is -0.775. The van der Waals surface area contributed by atoms with Crippen molar-refractivity contribution in [1.29, 1.82) is 10.5 Å². The molecule has 0 saturated carbocycles. The van der Waals surface area contributed by atoms with E-state index in [9.17, 15) is 15.3 Å². The quantitative estimate of drug-likeness (QED) is 0.404. The molecule has 2 aromatic carbocycles. The molecule has 0 aromatic heterocycles. The number of carbonyl (C=O) groups excluding carboxylic acids is 1. The molecule has 0 aliphatic carbocycles. The fourth-order valence-electron chi connectivity index (χ4n) is 4.41. The Morgan fingerprint density at radius 3 is 2.44 bits per heavy atom. The van der Waals surface area contributed by atoms with Crippen molar-refractivity contribution in [2.45, 2.75) is 45.0 Å². The molecule has 1 heterocycles. The van der Waals surface area contributed by atoms with E-state index in [1.165, 1.54) is 11.8 Å². The van der Waals surface area contributed by atoms with Crippen molar-refractivity contribution in [2.75, 3.05) is 20.2 Å². The zero-order valence-corrected chi connectivity index (χ0v) is 22.7. The van der Waals surface area contributed by atoms with E-state index in [0.29, 0.717) is 37.2 Å². The van der Waals surface area contributed by atoms with Crippen LogP contribution < -0.4 is 9.47 Å². The Balaban J connectivity index is 1.71. The molecule has 0 bridgehead atoms. The van der Waals surface area contributed by atoms with Gasteiger partial charge in [0.25, 0.3) is 0 Å². The van der Waals surface area contributed by atoms with Crippen LogP contribution in [0.5, 0.6) is 11.5 Å². The number of piperidine rings is 1. The molecule has 1 saturated heterocycles. The van der Waals surface area contributed by atoms with Crippen LogP contribution in [-0.4, -0.2) is 42.4 Å². The summed E-state index contributed by atoms with van der Waals surface area (Å²) >= 11 is 1.30. The first-order chi connectivity index (χ1) is 17.2. The van der Waals surface area contributed by atoms with Crippen LogP contribution in [0.4, 0.5) is 0 Å². The van der Waals surface area contributed by atoms with Crippen molar-refractivity contribution >= 4 is 26.4 Å². The number of nitrogens with zero attached hydrogens (tertiary/aromatic N) is 3. The number of hydrogen-bond donors (Lipinski definition) is 0. The molecule has 1 amide bonds. The number of benzene rings is 2. The van der Waals surface area contributed by atoms with Crippen LogP contribution >= 0.6 is 20.5 Å². The van der Waals surface area contributed by atoms with Crippen molar-refractivity contribution in [3.63, 3.8) is 0 Å². The van der Waals surface area contributed by atoms with Gasteiger partial charge in [-0.2, -0.15) is 5.26 Å². The number of hydrogen-bond acceptors (Lipinski definition) is 6. The fourth-order valence-corrected chi connectivity index (χ4v) is 5.53. The number of nitriles is 2. The van der Waals surface area contributed by atoms with Gasteiger partial charge in [-0.05, 0) is 17.7 Å². The first-order valence-corrected chi connectivity index (χ1v) is 13.1. The van der Waals surface area contributed by atoms with Crippen LogP contribution in [0.2, 0.25) is 0 Å². The van der Waals surface area contributed by atoms with Gasteiger partial charge in [-0.1, -0.05) is 18.2 Å². The summed E-state index contributed by atoms with van der Waals surface area (Å²) in [5, 5.41) is 19.1. The second-order valence-corrected chi connectivity index (χ2v) is 11.3. The number of thioether (sulfide) groups is 1. The number of ether oxygens (including phenoxy) is 2. The van der Waals surface area contributed by atoms with E-state index in [1.807, 2.05) is 57.2 Å². The van der Waals surface area contributed by atoms with Crippen molar-refractivity contribution in [3.05, 3.63) is 48.0 Å². The average Bonchev–Trinajstić information content (AvgIpc) is 2.88. The Morgan fingerprint density at radius 1 is 1.17 bits per heavy atom. The molecule has 6 nitrogen and oxygen atoms in total. The van der Waals surface area contributed by atoms with Crippen molar-refractivity contribution in [3.8, 4) is 39.7 Å². The number of methoxy groups -OCH3 is 1. The number of rotatable bonds is 7. The minimum absolute atomic E-state index is 0.0963. The van der Waals surface area contributed by atoms with Gasteiger partial charge >= 0.3 is 144 Å². The van der Waals surface area contributed by atoms with Gasteiger partial charge in [-0.25, -0.2) is 0 Å². The third-order valence-corrected chi connectivity index (χ3v) is 7.91. The molecule has 0 radical (unpaired) electrons. The molecule has 0 N–H and O–H groups in total. The predicted octanol–water partition coefficient (Wildman–Crippen LogP) is 6.22. The average molecular weight is 520 g/mol. The summed E-state index contributed by atoms with van der Waals surface area (Å²) in [5.74, 6) is 0.399. The van der Waals surface area contributed by atoms with Crippen molar-refractivity contribution < 1.29 is 14.3 Å². The molecule has 186 valence electrons. The Kier molecular flexibility index (Phi) is 9.47. The molecule has 1 aliphatic rings. The molecule has 1 fully saturated rings. The number of amides is 1. The summed E-state index contributed by atoms with van der Waals surface area (Å²) < 4.78 is 11.8. The molecule has 2 aromatic rings. The summed E-state index contributed by atoms with van der Waals surface area (Å²) in [7, 11) is 5.69. The molecule has 2 atom stereocenters. The van der Waals surface area contributed by atoms with Crippen LogP contribution in [0.15, 0.2) is 42.5 Å². The van der Waals surface area contributed by atoms with Gasteiger partial charge in [0.2, 0.25) is 0 Å². The monoisotopic (exact) mass is 519 g/mol. The van der Waals surface area contributed by atoms with Gasteiger partial charge in [0.05, 0.1) is 18.7 Å². The van der Waals surface area contributed by atoms with Gasteiger partial charge in [0.1, 0.15) is 5.75 Å². The molecule has 8 heteroatoms. The topological polar surface area (TPSA) is 86.3 Å². The summed E-state index contributed by atoms with van der Waals surface area (Å²) in [5.41, 5.74) is 1.96. The normalized spacial score (nSPS) is 15.6. The Labute approximate surface area is 220 Å².